The van der Waals surface area contributed by atoms with Crippen molar-refractivity contribution in [3.63, 3.8) is 0 Å². The quantitative estimate of drug-likeness (QED) is 0.757. The number of hydrogen-bond donors (Lipinski definition) is 0. The molecule has 17 heavy (non-hydrogen) atoms. The van der Waals surface area contributed by atoms with E-state index >= 15 is 0 Å². The zero-order chi connectivity index (χ0) is 12.4. The van der Waals surface area contributed by atoms with E-state index < -0.39 is 11.6 Å². The molecular weight excluding hydrogens is 358 g/mol. The maximum Gasteiger partial charge on any atom is 0.135 e. The summed E-state index contributed by atoms with van der Waals surface area (Å²) < 4.78 is 27.2. The highest BCUT2D eigenvalue weighted by Gasteiger charge is 2.06. The van der Waals surface area contributed by atoms with Crippen molar-refractivity contribution in [2.75, 3.05) is 0 Å². The molecule has 0 saturated heterocycles. The molecule has 6 heteroatoms. The maximum absolute atomic E-state index is 13.0. The summed E-state index contributed by atoms with van der Waals surface area (Å²) in [6.45, 7) is 0. The number of halogens is 4. The minimum Gasteiger partial charge on any atom is -0.226 e. The molecule has 0 atom stereocenters. The molecule has 2 rings (SSSR count). The largest absolute Gasteiger partial charge is 0.226 e. The van der Waals surface area contributed by atoms with Crippen LogP contribution in [0.3, 0.4) is 0 Å². The van der Waals surface area contributed by atoms with E-state index in [1.165, 1.54) is 12.1 Å². The highest BCUT2D eigenvalue weighted by Crippen LogP contribution is 2.16. The van der Waals surface area contributed by atoms with Gasteiger partial charge in [-0.15, -0.1) is 0 Å². The summed E-state index contributed by atoms with van der Waals surface area (Å²) in [5.41, 5.74) is 0.493. The molecule has 0 aliphatic rings. The highest BCUT2D eigenvalue weighted by atomic mass is 79.9. The number of benzene rings is 1. The highest BCUT2D eigenvalue weighted by molar-refractivity contribution is 9.11. The van der Waals surface area contributed by atoms with Crippen molar-refractivity contribution < 1.29 is 8.78 Å². The number of nitrogens with zero attached hydrogens (tertiary/aromatic N) is 2. The predicted molar refractivity (Wildman–Crippen MR) is 66.6 cm³/mol. The second-order valence-electron chi connectivity index (χ2n) is 3.38. The third kappa shape index (κ3) is 3.54. The van der Waals surface area contributed by atoms with Crippen LogP contribution in [0.1, 0.15) is 11.4 Å². The fraction of sp³-hybridized carbons (Fsp3) is 0.0909. The molecule has 1 heterocycles. The summed E-state index contributed by atoms with van der Waals surface area (Å²) in [5.74, 6) is -0.723. The Morgan fingerprint density at radius 2 is 1.41 bits per heavy atom. The van der Waals surface area contributed by atoms with Crippen molar-refractivity contribution in [1.82, 2.24) is 9.97 Å². The average molecular weight is 364 g/mol. The van der Waals surface area contributed by atoms with E-state index in [0.29, 0.717) is 20.6 Å². The van der Waals surface area contributed by atoms with Crippen molar-refractivity contribution in [3.05, 3.63) is 56.5 Å². The Morgan fingerprint density at radius 1 is 0.882 bits per heavy atom. The standard InChI is InChI=1S/C11H6Br2F2N2/c12-9-5-10(13)17-11(16-9)3-6-1-7(14)4-8(15)2-6/h1-2,4-5H,3H2. The monoisotopic (exact) mass is 362 g/mol. The summed E-state index contributed by atoms with van der Waals surface area (Å²) in [6, 6.07) is 5.05. The fourth-order valence-corrected chi connectivity index (χ4v) is 2.56. The minimum atomic E-state index is -0.603. The Morgan fingerprint density at radius 3 is 1.94 bits per heavy atom. The molecule has 0 bridgehead atoms. The molecule has 0 unspecified atom stereocenters. The van der Waals surface area contributed by atoms with Crippen LogP contribution in [0.15, 0.2) is 33.5 Å². The Kier molecular flexibility index (Phi) is 3.83. The molecule has 0 fully saturated rings. The molecule has 0 N–H and O–H groups in total. The molecule has 0 amide bonds. The first-order valence-corrected chi connectivity index (χ1v) is 6.25. The molecule has 0 radical (unpaired) electrons. The van der Waals surface area contributed by atoms with Crippen molar-refractivity contribution >= 4 is 31.9 Å². The predicted octanol–water partition coefficient (Wildman–Crippen LogP) is 3.87. The van der Waals surface area contributed by atoms with Gasteiger partial charge in [0.25, 0.3) is 0 Å². The van der Waals surface area contributed by atoms with Gasteiger partial charge >= 0.3 is 0 Å². The van der Waals surface area contributed by atoms with Crippen LogP contribution in [0.25, 0.3) is 0 Å². The molecule has 2 aromatic rings. The molecule has 1 aromatic heterocycles. The molecule has 0 spiro atoms. The van der Waals surface area contributed by atoms with Gasteiger partial charge in [0.1, 0.15) is 26.7 Å². The van der Waals surface area contributed by atoms with Gasteiger partial charge < -0.3 is 0 Å². The lowest BCUT2D eigenvalue weighted by molar-refractivity contribution is 0.580. The Bertz CT molecular complexity index is 471. The van der Waals surface area contributed by atoms with Crippen LogP contribution in [0.2, 0.25) is 0 Å². The summed E-state index contributed by atoms with van der Waals surface area (Å²) in [4.78, 5) is 8.24. The second kappa shape index (κ2) is 5.18. The first-order valence-electron chi connectivity index (χ1n) is 4.67. The molecule has 88 valence electrons. The van der Waals surface area contributed by atoms with Crippen LogP contribution >= 0.6 is 31.9 Å². The second-order valence-corrected chi connectivity index (χ2v) is 5.01. The minimum absolute atomic E-state index is 0.271. The first-order chi connectivity index (χ1) is 8.02. The van der Waals surface area contributed by atoms with Gasteiger partial charge in [-0.25, -0.2) is 18.7 Å². The Labute approximate surface area is 113 Å². The lowest BCUT2D eigenvalue weighted by atomic mass is 10.1. The number of rotatable bonds is 2. The number of hydrogen-bond acceptors (Lipinski definition) is 2. The van der Waals surface area contributed by atoms with Gasteiger partial charge in [-0.2, -0.15) is 0 Å². The van der Waals surface area contributed by atoms with E-state index in [0.717, 1.165) is 6.07 Å². The molecule has 1 aromatic carbocycles. The van der Waals surface area contributed by atoms with Gasteiger partial charge in [-0.05, 0) is 49.6 Å². The normalized spacial score (nSPS) is 10.6. The third-order valence-electron chi connectivity index (χ3n) is 1.99. The van der Waals surface area contributed by atoms with Crippen molar-refractivity contribution in [2.45, 2.75) is 6.42 Å². The lowest BCUT2D eigenvalue weighted by Crippen LogP contribution is -1.98. The topological polar surface area (TPSA) is 25.8 Å². The van der Waals surface area contributed by atoms with E-state index in [1.807, 2.05) is 0 Å². The van der Waals surface area contributed by atoms with Gasteiger partial charge in [-0.1, -0.05) is 0 Å². The van der Waals surface area contributed by atoms with Crippen LogP contribution in [0.5, 0.6) is 0 Å². The van der Waals surface area contributed by atoms with Gasteiger partial charge in [-0.3, -0.25) is 0 Å². The average Bonchev–Trinajstić information content (AvgIpc) is 2.13. The van der Waals surface area contributed by atoms with Crippen LogP contribution in [-0.4, -0.2) is 9.97 Å². The third-order valence-corrected chi connectivity index (χ3v) is 2.81. The van der Waals surface area contributed by atoms with Gasteiger partial charge in [0, 0.05) is 18.6 Å². The fourth-order valence-electron chi connectivity index (χ4n) is 1.41. The smallest absolute Gasteiger partial charge is 0.135 e. The summed E-state index contributed by atoms with van der Waals surface area (Å²) in [5, 5.41) is 0. The van der Waals surface area contributed by atoms with Crippen molar-refractivity contribution in [2.24, 2.45) is 0 Å². The van der Waals surface area contributed by atoms with E-state index in [1.54, 1.807) is 6.07 Å². The first kappa shape index (κ1) is 12.6. The molecule has 2 nitrogen and oxygen atoms in total. The van der Waals surface area contributed by atoms with Crippen LogP contribution in [-0.2, 0) is 6.42 Å². The molecule has 0 aliphatic heterocycles. The van der Waals surface area contributed by atoms with Crippen LogP contribution in [0, 0.1) is 11.6 Å². The summed E-state index contributed by atoms with van der Waals surface area (Å²) in [7, 11) is 0. The van der Waals surface area contributed by atoms with Crippen molar-refractivity contribution in [3.8, 4) is 0 Å². The lowest BCUT2D eigenvalue weighted by Gasteiger charge is -2.03. The zero-order valence-electron chi connectivity index (χ0n) is 8.42. The van der Waals surface area contributed by atoms with Crippen LogP contribution in [0.4, 0.5) is 8.78 Å². The van der Waals surface area contributed by atoms with E-state index in [-0.39, 0.29) is 6.42 Å². The van der Waals surface area contributed by atoms with E-state index in [2.05, 4.69) is 41.8 Å². The molecule has 0 saturated carbocycles. The van der Waals surface area contributed by atoms with Gasteiger partial charge in [0.15, 0.2) is 0 Å². The van der Waals surface area contributed by atoms with Gasteiger partial charge in [0.2, 0.25) is 0 Å². The number of aromatic nitrogens is 2. The summed E-state index contributed by atoms with van der Waals surface area (Å²) in [6.07, 6.45) is 0.271. The van der Waals surface area contributed by atoms with E-state index in [4.69, 9.17) is 0 Å². The SMILES string of the molecule is Fc1cc(F)cc(Cc2nc(Br)cc(Br)n2)c1. The molecule has 0 aliphatic carbocycles. The van der Waals surface area contributed by atoms with Crippen molar-refractivity contribution in [1.29, 1.82) is 0 Å². The Hall–Kier alpha value is -0.880. The zero-order valence-corrected chi connectivity index (χ0v) is 11.6. The van der Waals surface area contributed by atoms with Gasteiger partial charge in [0.05, 0.1) is 0 Å². The Balaban J connectivity index is 2.31. The van der Waals surface area contributed by atoms with E-state index in [9.17, 15) is 8.78 Å². The molecular formula is C11H6Br2F2N2. The summed E-state index contributed by atoms with van der Waals surface area (Å²) >= 11 is 6.45. The van der Waals surface area contributed by atoms with Crippen LogP contribution < -0.4 is 0 Å². The maximum atomic E-state index is 13.0.